The van der Waals surface area contributed by atoms with Gasteiger partial charge in [-0.25, -0.2) is 4.79 Å². The Morgan fingerprint density at radius 3 is 2.23 bits per heavy atom. The van der Waals surface area contributed by atoms with Crippen molar-refractivity contribution in [2.24, 2.45) is 0 Å². The van der Waals surface area contributed by atoms with Crippen LogP contribution in [0.1, 0.15) is 26.7 Å². The molecule has 1 aliphatic heterocycles. The van der Waals surface area contributed by atoms with E-state index in [0.717, 1.165) is 11.5 Å². The van der Waals surface area contributed by atoms with E-state index in [0.29, 0.717) is 0 Å². The van der Waals surface area contributed by atoms with Gasteiger partial charge in [-0.3, -0.25) is 4.79 Å². The Balaban J connectivity index is 0.000000279. The second-order valence-corrected chi connectivity index (χ2v) is 4.42. The molecule has 122 valence electrons. The van der Waals surface area contributed by atoms with Crippen molar-refractivity contribution in [3.05, 3.63) is 24.3 Å². The van der Waals surface area contributed by atoms with Gasteiger partial charge in [0.05, 0.1) is 13.2 Å². The highest BCUT2D eigenvalue weighted by Crippen LogP contribution is 2.43. The molecule has 1 aromatic carbocycles. The van der Waals surface area contributed by atoms with Crippen molar-refractivity contribution >= 4 is 11.9 Å². The van der Waals surface area contributed by atoms with Crippen molar-refractivity contribution < 1.29 is 32.6 Å². The summed E-state index contributed by atoms with van der Waals surface area (Å²) in [5, 5.41) is 0. The van der Waals surface area contributed by atoms with Crippen LogP contribution in [0.3, 0.4) is 0 Å². The number of alkyl halides is 2. The van der Waals surface area contributed by atoms with E-state index < -0.39 is 24.3 Å². The molecular formula is C15H18F2O5. The number of carbonyl (C=O) groups excluding carboxylic acids is 2. The van der Waals surface area contributed by atoms with Crippen LogP contribution in [-0.2, 0) is 19.1 Å². The van der Waals surface area contributed by atoms with Crippen LogP contribution in [0.4, 0.5) is 8.78 Å². The third kappa shape index (κ3) is 6.51. The number of fused-ring (bicyclic) bond motifs is 1. The number of esters is 2. The maximum atomic E-state index is 12.9. The zero-order chi connectivity index (χ0) is 16.6. The van der Waals surface area contributed by atoms with Crippen LogP contribution in [0.2, 0.25) is 0 Å². The first kappa shape index (κ1) is 17.9. The number of para-hydroxylation sites is 2. The number of hydrogen-bond acceptors (Lipinski definition) is 5. The Bertz CT molecular complexity index is 495. The number of ether oxygens (including phenoxy) is 3. The minimum atomic E-state index is -3.50. The molecule has 5 nitrogen and oxygen atoms in total. The van der Waals surface area contributed by atoms with Crippen molar-refractivity contribution in [2.45, 2.75) is 32.6 Å². The number of hydrogen-bond donors (Lipinski definition) is 0. The molecule has 0 N–H and O–H groups in total. The van der Waals surface area contributed by atoms with E-state index in [2.05, 4.69) is 9.47 Å². The standard InChI is InChI=1S/C9H14F2O4.C6H4O/c1-3-14-8(13)9(10,11)5-4-6-15-7(2)12;1-2-4-6-5(3-1)7-6/h3-6H2,1-2H3;1-4H. The molecule has 0 fully saturated rings. The number of carbonyl (C=O) groups is 2. The molecule has 0 saturated carbocycles. The molecule has 1 aliphatic rings. The Hall–Kier alpha value is -2.18. The van der Waals surface area contributed by atoms with E-state index in [1.54, 1.807) is 0 Å². The summed E-state index contributed by atoms with van der Waals surface area (Å²) in [6, 6.07) is 7.84. The van der Waals surface area contributed by atoms with Crippen LogP contribution in [0.15, 0.2) is 24.3 Å². The minimum Gasteiger partial charge on any atom is -0.466 e. The van der Waals surface area contributed by atoms with Crippen LogP contribution in [0.5, 0.6) is 11.5 Å². The van der Waals surface area contributed by atoms with Gasteiger partial charge in [0, 0.05) is 13.3 Å². The summed E-state index contributed by atoms with van der Waals surface area (Å²) in [4.78, 5) is 21.0. The van der Waals surface area contributed by atoms with E-state index >= 15 is 0 Å². The molecule has 0 bridgehead atoms. The van der Waals surface area contributed by atoms with Crippen LogP contribution < -0.4 is 4.74 Å². The van der Waals surface area contributed by atoms with Crippen molar-refractivity contribution in [3.63, 3.8) is 0 Å². The normalized spacial score (nSPS) is 11.3. The van der Waals surface area contributed by atoms with Gasteiger partial charge in [0.25, 0.3) is 0 Å². The molecule has 0 unspecified atom stereocenters. The molecule has 1 aromatic rings. The molecule has 0 aromatic heterocycles. The van der Waals surface area contributed by atoms with Gasteiger partial charge < -0.3 is 14.2 Å². The third-order valence-corrected chi connectivity index (χ3v) is 2.54. The highest BCUT2D eigenvalue weighted by Gasteiger charge is 2.39. The lowest BCUT2D eigenvalue weighted by Crippen LogP contribution is -2.31. The summed E-state index contributed by atoms with van der Waals surface area (Å²) < 4.78 is 39.4. The van der Waals surface area contributed by atoms with Gasteiger partial charge in [0.15, 0.2) is 11.5 Å². The molecule has 0 amide bonds. The van der Waals surface area contributed by atoms with E-state index in [9.17, 15) is 18.4 Å². The van der Waals surface area contributed by atoms with Crippen molar-refractivity contribution in [2.75, 3.05) is 13.2 Å². The summed E-state index contributed by atoms with van der Waals surface area (Å²) >= 11 is 0. The molecule has 0 aliphatic carbocycles. The van der Waals surface area contributed by atoms with E-state index in [1.807, 2.05) is 24.3 Å². The SMILES string of the molecule is CCOC(=O)C(F)(F)CCCOC(C)=O.c1ccc2c(c1)O2. The maximum Gasteiger partial charge on any atom is 0.376 e. The van der Waals surface area contributed by atoms with Gasteiger partial charge in [0.2, 0.25) is 0 Å². The van der Waals surface area contributed by atoms with E-state index in [1.165, 1.54) is 13.8 Å². The third-order valence-electron chi connectivity index (χ3n) is 2.54. The second-order valence-electron chi connectivity index (χ2n) is 4.42. The average molecular weight is 316 g/mol. The summed E-state index contributed by atoms with van der Waals surface area (Å²) in [5.41, 5.74) is 0. The summed E-state index contributed by atoms with van der Waals surface area (Å²) in [5.74, 6) is -3.51. The van der Waals surface area contributed by atoms with Crippen LogP contribution in [-0.4, -0.2) is 31.1 Å². The van der Waals surface area contributed by atoms with Crippen molar-refractivity contribution in [1.29, 1.82) is 0 Å². The molecule has 0 radical (unpaired) electrons. The fraction of sp³-hybridized carbons (Fsp3) is 0.467. The van der Waals surface area contributed by atoms with Crippen molar-refractivity contribution in [1.82, 2.24) is 0 Å². The first-order chi connectivity index (χ1) is 10.4. The Morgan fingerprint density at radius 2 is 1.77 bits per heavy atom. The van der Waals surface area contributed by atoms with E-state index in [4.69, 9.17) is 4.74 Å². The fourth-order valence-electron chi connectivity index (χ4n) is 1.46. The maximum absolute atomic E-state index is 12.9. The Kier molecular flexibility index (Phi) is 6.75. The molecule has 0 saturated heterocycles. The average Bonchev–Trinajstić information content (AvgIpc) is 3.24. The Morgan fingerprint density at radius 1 is 1.18 bits per heavy atom. The highest BCUT2D eigenvalue weighted by molar-refractivity contribution is 5.77. The van der Waals surface area contributed by atoms with Gasteiger partial charge in [-0.2, -0.15) is 8.78 Å². The number of benzene rings is 1. The van der Waals surface area contributed by atoms with Gasteiger partial charge in [-0.05, 0) is 25.5 Å². The molecular weight excluding hydrogens is 298 g/mol. The smallest absolute Gasteiger partial charge is 0.376 e. The number of halogens is 2. The molecule has 7 heteroatoms. The van der Waals surface area contributed by atoms with Crippen LogP contribution in [0.25, 0.3) is 0 Å². The molecule has 1 heterocycles. The van der Waals surface area contributed by atoms with E-state index in [-0.39, 0.29) is 19.6 Å². The lowest BCUT2D eigenvalue weighted by atomic mass is 10.2. The minimum absolute atomic E-state index is 0.0780. The van der Waals surface area contributed by atoms with Gasteiger partial charge in [0.1, 0.15) is 0 Å². The molecule has 0 spiro atoms. The van der Waals surface area contributed by atoms with Crippen LogP contribution in [0, 0.1) is 0 Å². The summed E-state index contributed by atoms with van der Waals surface area (Å²) in [7, 11) is 0. The van der Waals surface area contributed by atoms with Gasteiger partial charge >= 0.3 is 17.9 Å². The van der Waals surface area contributed by atoms with Crippen LogP contribution >= 0.6 is 0 Å². The summed E-state index contributed by atoms with van der Waals surface area (Å²) in [6.45, 7) is 2.43. The molecule has 2 rings (SSSR count). The molecule has 0 atom stereocenters. The predicted octanol–water partition coefficient (Wildman–Crippen LogP) is 3.32. The van der Waals surface area contributed by atoms with Crippen molar-refractivity contribution in [3.8, 4) is 11.5 Å². The first-order valence-corrected chi connectivity index (χ1v) is 6.82. The lowest BCUT2D eigenvalue weighted by molar-refractivity contribution is -0.172. The fourth-order valence-corrected chi connectivity index (χ4v) is 1.46. The van der Waals surface area contributed by atoms with Gasteiger partial charge in [-0.15, -0.1) is 0 Å². The first-order valence-electron chi connectivity index (χ1n) is 6.82. The highest BCUT2D eigenvalue weighted by atomic mass is 19.3. The quantitative estimate of drug-likeness (QED) is 0.465. The predicted molar refractivity (Wildman–Crippen MR) is 74.0 cm³/mol. The summed E-state index contributed by atoms with van der Waals surface area (Å²) in [6.07, 6.45) is -0.759. The lowest BCUT2D eigenvalue weighted by Gasteiger charge is -2.13. The zero-order valence-corrected chi connectivity index (χ0v) is 12.4. The second kappa shape index (κ2) is 8.31. The largest absolute Gasteiger partial charge is 0.466 e. The monoisotopic (exact) mass is 316 g/mol. The Labute approximate surface area is 127 Å². The number of rotatable bonds is 6. The topological polar surface area (TPSA) is 65.1 Å². The molecule has 22 heavy (non-hydrogen) atoms. The van der Waals surface area contributed by atoms with Gasteiger partial charge in [-0.1, -0.05) is 12.1 Å². The zero-order valence-electron chi connectivity index (χ0n) is 12.4.